The number of nitrogens with one attached hydrogen (secondary N) is 1. The van der Waals surface area contributed by atoms with Crippen molar-refractivity contribution in [2.45, 2.75) is 26.1 Å². The monoisotopic (exact) mass is 292 g/mol. The molecule has 0 fully saturated rings. The van der Waals surface area contributed by atoms with Crippen LogP contribution in [0.25, 0.3) is 0 Å². The van der Waals surface area contributed by atoms with E-state index >= 15 is 0 Å². The van der Waals surface area contributed by atoms with Gasteiger partial charge < -0.3 is 10.1 Å². The lowest BCUT2D eigenvalue weighted by Gasteiger charge is -2.01. The molecule has 1 rings (SSSR count). The number of nitrogens with zero attached hydrogens (tertiary/aromatic N) is 1. The molecule has 0 saturated heterocycles. The number of aryl methyl sites for hydroxylation is 1. The van der Waals surface area contributed by atoms with Gasteiger partial charge >= 0.3 is 0 Å². The highest BCUT2D eigenvalue weighted by Crippen LogP contribution is 2.20. The molecule has 7 heteroatoms. The number of thiazole rings is 1. The van der Waals surface area contributed by atoms with Crippen molar-refractivity contribution in [2.75, 3.05) is 26.0 Å². The van der Waals surface area contributed by atoms with Crippen molar-refractivity contribution in [2.24, 2.45) is 0 Å². The number of aromatic nitrogens is 1. The fraction of sp³-hybridized carbons (Fsp3) is 0.727. The number of hydrogen-bond donors (Lipinski definition) is 1. The lowest BCUT2D eigenvalue weighted by molar-refractivity contribution is 0.199. The highest BCUT2D eigenvalue weighted by molar-refractivity contribution is 7.90. The second-order valence-corrected chi connectivity index (χ2v) is 7.48. The molecule has 0 radical (unpaired) electrons. The zero-order chi connectivity index (χ0) is 13.6. The van der Waals surface area contributed by atoms with Crippen molar-refractivity contribution < 1.29 is 13.2 Å². The summed E-state index contributed by atoms with van der Waals surface area (Å²) in [4.78, 5) is 5.40. The molecule has 5 nitrogen and oxygen atoms in total. The van der Waals surface area contributed by atoms with Gasteiger partial charge in [-0.05, 0) is 6.92 Å². The number of hydrogen-bond acceptors (Lipinski definition) is 6. The quantitative estimate of drug-likeness (QED) is 0.727. The Labute approximate surface area is 112 Å². The predicted molar refractivity (Wildman–Crippen MR) is 73.6 cm³/mol. The topological polar surface area (TPSA) is 68.3 Å². The molecule has 0 spiro atoms. The van der Waals surface area contributed by atoms with E-state index in [9.17, 15) is 8.42 Å². The number of methoxy groups -OCH3 is 1. The van der Waals surface area contributed by atoms with E-state index < -0.39 is 9.84 Å². The highest BCUT2D eigenvalue weighted by Gasteiger charge is 2.14. The van der Waals surface area contributed by atoms with E-state index in [2.05, 4.69) is 10.3 Å². The largest absolute Gasteiger partial charge is 0.383 e. The Balaban J connectivity index is 2.59. The summed E-state index contributed by atoms with van der Waals surface area (Å²) >= 11 is 1.47. The summed E-state index contributed by atoms with van der Waals surface area (Å²) in [7, 11) is -1.34. The standard InChI is InChI=1S/C11H20N2O3S2/c1-4-18(14,15)8-11-13-9(2)10(17-11)7-12-5-6-16-3/h12H,4-8H2,1-3H3. The van der Waals surface area contributed by atoms with Crippen molar-refractivity contribution in [1.29, 1.82) is 0 Å². The van der Waals surface area contributed by atoms with Gasteiger partial charge in [-0.3, -0.25) is 0 Å². The van der Waals surface area contributed by atoms with E-state index in [1.165, 1.54) is 11.3 Å². The lowest BCUT2D eigenvalue weighted by atomic mass is 10.4. The van der Waals surface area contributed by atoms with Gasteiger partial charge in [0, 0.05) is 30.8 Å². The first-order valence-corrected chi connectivity index (χ1v) is 8.47. The van der Waals surface area contributed by atoms with Gasteiger partial charge in [0.05, 0.1) is 12.3 Å². The van der Waals surface area contributed by atoms with Gasteiger partial charge in [-0.15, -0.1) is 11.3 Å². The predicted octanol–water partition coefficient (Wildman–Crippen LogP) is 1.12. The molecule has 1 heterocycles. The molecule has 0 atom stereocenters. The van der Waals surface area contributed by atoms with Gasteiger partial charge in [-0.2, -0.15) is 0 Å². The van der Waals surface area contributed by atoms with Crippen molar-refractivity contribution >= 4 is 21.2 Å². The van der Waals surface area contributed by atoms with Crippen LogP contribution in [0.3, 0.4) is 0 Å². The maximum absolute atomic E-state index is 11.5. The molecular weight excluding hydrogens is 272 g/mol. The van der Waals surface area contributed by atoms with Crippen LogP contribution in [0.5, 0.6) is 0 Å². The van der Waals surface area contributed by atoms with Crippen LogP contribution < -0.4 is 5.32 Å². The molecule has 1 N–H and O–H groups in total. The average Bonchev–Trinajstić information content (AvgIpc) is 2.64. The zero-order valence-corrected chi connectivity index (χ0v) is 12.7. The molecule has 18 heavy (non-hydrogen) atoms. The molecule has 0 aliphatic rings. The molecule has 0 aliphatic heterocycles. The SMILES string of the molecule is CCS(=O)(=O)Cc1nc(C)c(CNCCOC)s1. The first-order chi connectivity index (χ1) is 8.48. The second kappa shape index (κ2) is 7.18. The Morgan fingerprint density at radius 3 is 2.78 bits per heavy atom. The van der Waals surface area contributed by atoms with E-state index in [1.807, 2.05) is 6.92 Å². The fourth-order valence-electron chi connectivity index (χ4n) is 1.38. The van der Waals surface area contributed by atoms with Crippen LogP contribution in [0.15, 0.2) is 0 Å². The summed E-state index contributed by atoms with van der Waals surface area (Å²) in [6.45, 7) is 5.71. The molecule has 0 saturated carbocycles. The van der Waals surface area contributed by atoms with Crippen LogP contribution in [0.1, 0.15) is 22.5 Å². The highest BCUT2D eigenvalue weighted by atomic mass is 32.2. The zero-order valence-electron chi connectivity index (χ0n) is 11.0. The first kappa shape index (κ1) is 15.6. The number of ether oxygens (including phenoxy) is 1. The van der Waals surface area contributed by atoms with E-state index in [-0.39, 0.29) is 11.5 Å². The molecule has 0 bridgehead atoms. The Morgan fingerprint density at radius 1 is 1.44 bits per heavy atom. The van der Waals surface area contributed by atoms with Gasteiger partial charge in [-0.1, -0.05) is 6.92 Å². The van der Waals surface area contributed by atoms with E-state index in [4.69, 9.17) is 4.74 Å². The average molecular weight is 292 g/mol. The summed E-state index contributed by atoms with van der Waals surface area (Å²) in [5.41, 5.74) is 0.909. The van der Waals surface area contributed by atoms with Gasteiger partial charge in [0.2, 0.25) is 0 Å². The van der Waals surface area contributed by atoms with Gasteiger partial charge in [0.1, 0.15) is 10.8 Å². The van der Waals surface area contributed by atoms with Crippen LogP contribution in [0.4, 0.5) is 0 Å². The Morgan fingerprint density at radius 2 is 2.17 bits per heavy atom. The molecule has 0 aliphatic carbocycles. The van der Waals surface area contributed by atoms with Crippen LogP contribution in [-0.2, 0) is 26.9 Å². The van der Waals surface area contributed by atoms with E-state index in [1.54, 1.807) is 14.0 Å². The number of sulfone groups is 1. The summed E-state index contributed by atoms with van der Waals surface area (Å²) in [6, 6.07) is 0. The third-order valence-corrected chi connectivity index (χ3v) is 5.42. The summed E-state index contributed by atoms with van der Waals surface area (Å²) in [5.74, 6) is 0.208. The minimum atomic E-state index is -3.00. The fourth-order valence-corrected chi connectivity index (χ4v) is 3.63. The summed E-state index contributed by atoms with van der Waals surface area (Å²) in [5, 5.41) is 3.91. The Bertz CT molecular complexity index is 469. The van der Waals surface area contributed by atoms with Gasteiger partial charge in [0.15, 0.2) is 9.84 Å². The minimum absolute atomic E-state index is 0.0487. The summed E-state index contributed by atoms with van der Waals surface area (Å²) < 4.78 is 28.0. The van der Waals surface area contributed by atoms with E-state index in [0.717, 1.165) is 17.1 Å². The molecule has 0 amide bonds. The molecule has 0 aromatic carbocycles. The Kier molecular flexibility index (Phi) is 6.20. The molecular formula is C11H20N2O3S2. The first-order valence-electron chi connectivity index (χ1n) is 5.83. The smallest absolute Gasteiger partial charge is 0.156 e. The molecule has 1 aromatic rings. The van der Waals surface area contributed by atoms with Crippen molar-refractivity contribution in [3.8, 4) is 0 Å². The summed E-state index contributed by atoms with van der Waals surface area (Å²) in [6.07, 6.45) is 0. The van der Waals surface area contributed by atoms with Crippen molar-refractivity contribution in [1.82, 2.24) is 10.3 Å². The van der Waals surface area contributed by atoms with Crippen molar-refractivity contribution in [3.63, 3.8) is 0 Å². The van der Waals surface area contributed by atoms with Gasteiger partial charge in [0.25, 0.3) is 0 Å². The van der Waals surface area contributed by atoms with Crippen LogP contribution in [-0.4, -0.2) is 39.4 Å². The van der Waals surface area contributed by atoms with Gasteiger partial charge in [-0.25, -0.2) is 13.4 Å². The van der Waals surface area contributed by atoms with E-state index in [0.29, 0.717) is 18.2 Å². The van der Waals surface area contributed by atoms with Crippen LogP contribution >= 0.6 is 11.3 Å². The maximum atomic E-state index is 11.5. The maximum Gasteiger partial charge on any atom is 0.156 e. The second-order valence-electron chi connectivity index (χ2n) is 3.96. The third-order valence-electron chi connectivity index (χ3n) is 2.49. The van der Waals surface area contributed by atoms with Crippen molar-refractivity contribution in [3.05, 3.63) is 15.6 Å². The molecule has 0 unspecified atom stereocenters. The third kappa shape index (κ3) is 5.01. The van der Waals surface area contributed by atoms with Crippen LogP contribution in [0.2, 0.25) is 0 Å². The Hall–Kier alpha value is -0.500. The molecule has 1 aromatic heterocycles. The minimum Gasteiger partial charge on any atom is -0.383 e. The molecule has 104 valence electrons. The number of rotatable bonds is 8. The normalized spacial score (nSPS) is 11.9. The lowest BCUT2D eigenvalue weighted by Crippen LogP contribution is -2.18. The van der Waals surface area contributed by atoms with Crippen LogP contribution in [0, 0.1) is 6.92 Å².